The Labute approximate surface area is 120 Å². The highest BCUT2D eigenvalue weighted by Crippen LogP contribution is 2.34. The van der Waals surface area contributed by atoms with Crippen molar-refractivity contribution in [1.29, 1.82) is 5.26 Å². The lowest BCUT2D eigenvalue weighted by Gasteiger charge is -2.21. The molecule has 0 aliphatic heterocycles. The molecule has 0 saturated heterocycles. The third-order valence-corrected chi connectivity index (χ3v) is 5.82. The van der Waals surface area contributed by atoms with Crippen molar-refractivity contribution in [2.75, 3.05) is 0 Å². The highest BCUT2D eigenvalue weighted by atomic mass is 32.2. The van der Waals surface area contributed by atoms with Crippen molar-refractivity contribution in [2.45, 2.75) is 44.0 Å². The Balaban J connectivity index is 2.18. The zero-order chi connectivity index (χ0) is 14.8. The third kappa shape index (κ3) is 3.02. The first-order chi connectivity index (χ1) is 9.47. The molecule has 5 heteroatoms. The van der Waals surface area contributed by atoms with Crippen LogP contribution in [0.15, 0.2) is 29.2 Å². The van der Waals surface area contributed by atoms with Crippen LogP contribution in [-0.2, 0) is 10.0 Å². The zero-order valence-corrected chi connectivity index (χ0v) is 12.7. The van der Waals surface area contributed by atoms with Gasteiger partial charge in [-0.15, -0.1) is 0 Å². The first-order valence-corrected chi connectivity index (χ1v) is 8.48. The second kappa shape index (κ2) is 5.94. The average molecular weight is 292 g/mol. The Morgan fingerprint density at radius 1 is 1.40 bits per heavy atom. The minimum Gasteiger partial charge on any atom is -0.208 e. The number of hydrogen-bond donors (Lipinski definition) is 1. The minimum atomic E-state index is -3.54. The molecule has 108 valence electrons. The molecule has 1 aromatic rings. The lowest BCUT2D eigenvalue weighted by Crippen LogP contribution is -2.37. The van der Waals surface area contributed by atoms with E-state index in [4.69, 9.17) is 5.26 Å². The van der Waals surface area contributed by atoms with E-state index in [9.17, 15) is 8.42 Å². The molecule has 0 radical (unpaired) electrons. The smallest absolute Gasteiger partial charge is 0.208 e. The second-order valence-corrected chi connectivity index (χ2v) is 7.19. The summed E-state index contributed by atoms with van der Waals surface area (Å²) in [4.78, 5) is 0.170. The van der Waals surface area contributed by atoms with Gasteiger partial charge < -0.3 is 0 Å². The molecule has 1 N–H and O–H groups in total. The number of hydrogen-bond acceptors (Lipinski definition) is 3. The maximum Gasteiger partial charge on any atom is 0.240 e. The number of sulfonamides is 1. The predicted molar refractivity (Wildman–Crippen MR) is 77.4 cm³/mol. The van der Waals surface area contributed by atoms with E-state index in [1.165, 1.54) is 12.1 Å². The monoisotopic (exact) mass is 292 g/mol. The van der Waals surface area contributed by atoms with Gasteiger partial charge in [-0.25, -0.2) is 13.1 Å². The molecule has 1 aromatic carbocycles. The van der Waals surface area contributed by atoms with Crippen molar-refractivity contribution in [3.05, 3.63) is 29.8 Å². The lowest BCUT2D eigenvalue weighted by atomic mass is 9.94. The predicted octanol–water partition coefficient (Wildman–Crippen LogP) is 2.66. The third-order valence-electron chi connectivity index (χ3n) is 4.33. The fourth-order valence-electron chi connectivity index (χ4n) is 2.99. The Morgan fingerprint density at radius 2 is 2.15 bits per heavy atom. The molecule has 0 heterocycles. The number of benzene rings is 1. The SMILES string of the molecule is CCC1CCC(NS(=O)(=O)c2cccc(C#N)c2)C1C. The topological polar surface area (TPSA) is 70.0 Å². The molecule has 3 unspecified atom stereocenters. The first-order valence-electron chi connectivity index (χ1n) is 7.00. The van der Waals surface area contributed by atoms with E-state index in [1.807, 2.05) is 6.07 Å². The van der Waals surface area contributed by atoms with Crippen LogP contribution >= 0.6 is 0 Å². The number of nitriles is 1. The van der Waals surface area contributed by atoms with Crippen molar-refractivity contribution in [2.24, 2.45) is 11.8 Å². The fourth-order valence-corrected chi connectivity index (χ4v) is 4.40. The Kier molecular flexibility index (Phi) is 4.46. The second-order valence-electron chi connectivity index (χ2n) is 5.47. The Morgan fingerprint density at radius 3 is 2.75 bits per heavy atom. The summed E-state index contributed by atoms with van der Waals surface area (Å²) in [6, 6.07) is 8.10. The first kappa shape index (κ1) is 15.0. The van der Waals surface area contributed by atoms with Gasteiger partial charge >= 0.3 is 0 Å². The van der Waals surface area contributed by atoms with Crippen molar-refractivity contribution >= 4 is 10.0 Å². The molecule has 0 bridgehead atoms. The molecule has 3 atom stereocenters. The van der Waals surface area contributed by atoms with Crippen molar-refractivity contribution in [3.63, 3.8) is 0 Å². The van der Waals surface area contributed by atoms with E-state index in [2.05, 4.69) is 18.6 Å². The van der Waals surface area contributed by atoms with Crippen LogP contribution in [0.1, 0.15) is 38.7 Å². The summed E-state index contributed by atoms with van der Waals surface area (Å²) in [6.07, 6.45) is 3.04. The zero-order valence-electron chi connectivity index (χ0n) is 11.8. The summed E-state index contributed by atoms with van der Waals surface area (Å²) in [5.74, 6) is 0.946. The molecule has 2 rings (SSSR count). The maximum absolute atomic E-state index is 12.4. The van der Waals surface area contributed by atoms with Gasteiger partial charge in [0.1, 0.15) is 0 Å². The van der Waals surface area contributed by atoms with Crippen LogP contribution in [0, 0.1) is 23.2 Å². The van der Waals surface area contributed by atoms with Crippen LogP contribution in [0.2, 0.25) is 0 Å². The highest BCUT2D eigenvalue weighted by Gasteiger charge is 2.34. The average Bonchev–Trinajstić information content (AvgIpc) is 2.79. The van der Waals surface area contributed by atoms with E-state index in [-0.39, 0.29) is 10.9 Å². The molecule has 1 aliphatic carbocycles. The van der Waals surface area contributed by atoms with Crippen molar-refractivity contribution in [3.8, 4) is 6.07 Å². The summed E-state index contributed by atoms with van der Waals surface area (Å²) in [7, 11) is -3.54. The molecule has 4 nitrogen and oxygen atoms in total. The van der Waals surface area contributed by atoms with Gasteiger partial charge in [0, 0.05) is 6.04 Å². The maximum atomic E-state index is 12.4. The van der Waals surface area contributed by atoms with E-state index < -0.39 is 10.0 Å². The molecule has 1 saturated carbocycles. The molecule has 1 fully saturated rings. The molecular formula is C15H20N2O2S. The summed E-state index contributed by atoms with van der Waals surface area (Å²) < 4.78 is 27.6. The van der Waals surface area contributed by atoms with Gasteiger partial charge in [0.05, 0.1) is 16.5 Å². The standard InChI is InChI=1S/C15H20N2O2S/c1-3-13-7-8-15(11(13)2)17-20(18,19)14-6-4-5-12(9-14)10-16/h4-6,9,11,13,15,17H,3,7-8H2,1-2H3. The van der Waals surface area contributed by atoms with Gasteiger partial charge in [-0.2, -0.15) is 5.26 Å². The van der Waals surface area contributed by atoms with E-state index in [1.54, 1.807) is 12.1 Å². The fraction of sp³-hybridized carbons (Fsp3) is 0.533. The molecule has 0 aromatic heterocycles. The molecular weight excluding hydrogens is 272 g/mol. The number of nitrogens with one attached hydrogen (secondary N) is 1. The highest BCUT2D eigenvalue weighted by molar-refractivity contribution is 7.89. The van der Waals surface area contributed by atoms with Gasteiger partial charge in [0.2, 0.25) is 10.0 Å². The van der Waals surface area contributed by atoms with Crippen molar-refractivity contribution in [1.82, 2.24) is 4.72 Å². The summed E-state index contributed by atoms with van der Waals surface area (Å²) >= 11 is 0. The van der Waals surface area contributed by atoms with Crippen LogP contribution in [0.25, 0.3) is 0 Å². The van der Waals surface area contributed by atoms with Gasteiger partial charge in [-0.1, -0.05) is 26.3 Å². The van der Waals surface area contributed by atoms with Crippen LogP contribution in [0.4, 0.5) is 0 Å². The van der Waals surface area contributed by atoms with Gasteiger partial charge in [-0.3, -0.25) is 0 Å². The van der Waals surface area contributed by atoms with E-state index >= 15 is 0 Å². The minimum absolute atomic E-state index is 0.00399. The molecule has 0 spiro atoms. The van der Waals surface area contributed by atoms with Gasteiger partial charge in [-0.05, 0) is 42.9 Å². The normalized spacial score (nSPS) is 26.4. The Hall–Kier alpha value is -1.38. The van der Waals surface area contributed by atoms with Gasteiger partial charge in [0.15, 0.2) is 0 Å². The van der Waals surface area contributed by atoms with Crippen molar-refractivity contribution < 1.29 is 8.42 Å². The molecule has 0 amide bonds. The Bertz CT molecular complexity index is 619. The van der Waals surface area contributed by atoms with Crippen LogP contribution in [-0.4, -0.2) is 14.5 Å². The number of rotatable bonds is 4. The van der Waals surface area contributed by atoms with E-state index in [0.717, 1.165) is 19.3 Å². The summed E-state index contributed by atoms with van der Waals surface area (Å²) in [5.41, 5.74) is 0.360. The number of nitrogens with zero attached hydrogens (tertiary/aromatic N) is 1. The lowest BCUT2D eigenvalue weighted by molar-refractivity contribution is 0.368. The molecule has 20 heavy (non-hydrogen) atoms. The summed E-state index contributed by atoms with van der Waals surface area (Å²) in [5, 5.41) is 8.86. The van der Waals surface area contributed by atoms with Gasteiger partial charge in [0.25, 0.3) is 0 Å². The van der Waals surface area contributed by atoms with Crippen LogP contribution in [0.5, 0.6) is 0 Å². The molecule has 1 aliphatic rings. The summed E-state index contributed by atoms with van der Waals surface area (Å²) in [6.45, 7) is 4.26. The van der Waals surface area contributed by atoms with Crippen LogP contribution < -0.4 is 4.72 Å². The quantitative estimate of drug-likeness (QED) is 0.927. The van der Waals surface area contributed by atoms with Crippen LogP contribution in [0.3, 0.4) is 0 Å². The van der Waals surface area contributed by atoms with E-state index in [0.29, 0.717) is 17.4 Å². The largest absolute Gasteiger partial charge is 0.240 e.